The Labute approximate surface area is 80.7 Å². The van der Waals surface area contributed by atoms with E-state index in [2.05, 4.69) is 10.3 Å². The van der Waals surface area contributed by atoms with Gasteiger partial charge < -0.3 is 9.77 Å². The molecule has 0 saturated carbocycles. The van der Waals surface area contributed by atoms with Crippen LogP contribution in [0.5, 0.6) is 0 Å². The van der Waals surface area contributed by atoms with Gasteiger partial charge in [0.25, 0.3) is 0 Å². The molecule has 1 aromatic carbocycles. The zero-order valence-corrected chi connectivity index (χ0v) is 8.73. The van der Waals surface area contributed by atoms with Crippen molar-refractivity contribution in [2.75, 3.05) is 13.3 Å². The molecule has 2 aromatic rings. The van der Waals surface area contributed by atoms with Crippen molar-refractivity contribution in [3.63, 3.8) is 0 Å². The van der Waals surface area contributed by atoms with Crippen LogP contribution in [0.2, 0.25) is 0 Å². The molecule has 0 N–H and O–H groups in total. The standard InChI is InChI=1S/C8H9N3O2P/c1-14(2,13)6-3-4-7-8(5-6)11(12)10-9-7/h3-5H,1-2H3/q-1. The van der Waals surface area contributed by atoms with Crippen LogP contribution in [0.15, 0.2) is 18.2 Å². The fraction of sp³-hybridized carbons (Fsp3) is 0.250. The monoisotopic (exact) mass is 210 g/mol. The number of fused-ring (bicyclic) bond motifs is 1. The number of hydrogen-bond acceptors (Lipinski definition) is 4. The molecule has 0 aliphatic heterocycles. The Bertz CT molecular complexity index is 528. The average Bonchev–Trinajstić information content (AvgIpc) is 2.46. The van der Waals surface area contributed by atoms with Gasteiger partial charge >= 0.3 is 0 Å². The van der Waals surface area contributed by atoms with Crippen LogP contribution in [0.1, 0.15) is 0 Å². The van der Waals surface area contributed by atoms with Gasteiger partial charge in [0, 0.05) is 5.30 Å². The number of rotatable bonds is 1. The van der Waals surface area contributed by atoms with E-state index in [1.165, 1.54) is 0 Å². The molecule has 5 nitrogen and oxygen atoms in total. The molecule has 6 heteroatoms. The minimum Gasteiger partial charge on any atom is -0.789 e. The Morgan fingerprint density at radius 1 is 1.43 bits per heavy atom. The van der Waals surface area contributed by atoms with Gasteiger partial charge in [0.2, 0.25) is 0 Å². The quantitative estimate of drug-likeness (QED) is 0.659. The van der Waals surface area contributed by atoms with Crippen molar-refractivity contribution in [1.29, 1.82) is 0 Å². The zero-order valence-electron chi connectivity index (χ0n) is 7.84. The summed E-state index contributed by atoms with van der Waals surface area (Å²) in [5.74, 6) is 0. The molecule has 0 atom stereocenters. The summed E-state index contributed by atoms with van der Waals surface area (Å²) in [5.41, 5.74) is 0.892. The molecular formula is C8H9N3O2P-. The summed E-state index contributed by atoms with van der Waals surface area (Å²) in [6.45, 7) is 3.32. The third-order valence-corrected chi connectivity index (χ3v) is 3.54. The van der Waals surface area contributed by atoms with Gasteiger partial charge in [0.05, 0.1) is 5.52 Å². The number of aromatic nitrogens is 3. The molecule has 0 fully saturated rings. The third-order valence-electron chi connectivity index (χ3n) is 2.02. The molecule has 0 aliphatic rings. The maximum atomic E-state index is 11.7. The average molecular weight is 210 g/mol. The summed E-state index contributed by atoms with van der Waals surface area (Å²) >= 11 is 0. The topological polar surface area (TPSA) is 70.8 Å². The smallest absolute Gasteiger partial charge is 0.112 e. The third kappa shape index (κ3) is 1.40. The molecule has 0 saturated heterocycles. The van der Waals surface area contributed by atoms with Crippen molar-refractivity contribution < 1.29 is 4.57 Å². The highest BCUT2D eigenvalue weighted by molar-refractivity contribution is 7.70. The first-order chi connectivity index (χ1) is 6.48. The van der Waals surface area contributed by atoms with Crippen molar-refractivity contribution in [3.05, 3.63) is 23.4 Å². The summed E-state index contributed by atoms with van der Waals surface area (Å²) in [7, 11) is -2.33. The Morgan fingerprint density at radius 3 is 2.79 bits per heavy atom. The summed E-state index contributed by atoms with van der Waals surface area (Å²) in [6, 6.07) is 4.96. The molecule has 2 rings (SSSR count). The van der Waals surface area contributed by atoms with Gasteiger partial charge in [-0.05, 0) is 31.5 Å². The van der Waals surface area contributed by atoms with E-state index in [4.69, 9.17) is 0 Å². The molecule has 1 aromatic heterocycles. The lowest BCUT2D eigenvalue weighted by Crippen LogP contribution is -2.02. The molecule has 0 aliphatic carbocycles. The van der Waals surface area contributed by atoms with E-state index in [1.807, 2.05) is 0 Å². The summed E-state index contributed by atoms with van der Waals surface area (Å²) in [6.07, 6.45) is 0. The molecular weight excluding hydrogens is 201 g/mol. The second kappa shape index (κ2) is 2.82. The van der Waals surface area contributed by atoms with E-state index in [0.717, 1.165) is 0 Å². The zero-order chi connectivity index (χ0) is 10.3. The maximum absolute atomic E-state index is 11.7. The van der Waals surface area contributed by atoms with E-state index in [9.17, 15) is 9.77 Å². The van der Waals surface area contributed by atoms with E-state index >= 15 is 0 Å². The maximum Gasteiger partial charge on any atom is 0.112 e. The fourth-order valence-corrected chi connectivity index (χ4v) is 2.09. The lowest BCUT2D eigenvalue weighted by molar-refractivity contribution is 0.588. The van der Waals surface area contributed by atoms with Crippen LogP contribution in [0, 0.1) is 5.21 Å². The Balaban J connectivity index is 2.72. The van der Waals surface area contributed by atoms with Crippen LogP contribution in [0.3, 0.4) is 0 Å². The van der Waals surface area contributed by atoms with Crippen LogP contribution in [-0.2, 0) is 4.57 Å². The number of benzene rings is 1. The largest absolute Gasteiger partial charge is 0.789 e. The first-order valence-electron chi connectivity index (χ1n) is 4.07. The molecule has 0 unspecified atom stereocenters. The highest BCUT2D eigenvalue weighted by Gasteiger charge is 2.12. The van der Waals surface area contributed by atoms with Gasteiger partial charge in [0.1, 0.15) is 12.7 Å². The molecule has 1 heterocycles. The minimum absolute atomic E-state index is 0.367. The lowest BCUT2D eigenvalue weighted by atomic mass is 10.3. The first kappa shape index (κ1) is 9.21. The van der Waals surface area contributed by atoms with Crippen molar-refractivity contribution in [2.45, 2.75) is 0 Å². The van der Waals surface area contributed by atoms with E-state index in [0.29, 0.717) is 21.2 Å². The fourth-order valence-electron chi connectivity index (χ4n) is 1.22. The van der Waals surface area contributed by atoms with Crippen LogP contribution >= 0.6 is 7.14 Å². The second-order valence-electron chi connectivity index (χ2n) is 3.49. The lowest BCUT2D eigenvalue weighted by Gasteiger charge is -2.08. The van der Waals surface area contributed by atoms with E-state index in [1.54, 1.807) is 31.5 Å². The van der Waals surface area contributed by atoms with Gasteiger partial charge in [-0.25, -0.2) is 0 Å². The molecule has 14 heavy (non-hydrogen) atoms. The Kier molecular flexibility index (Phi) is 1.86. The van der Waals surface area contributed by atoms with Crippen molar-refractivity contribution in [1.82, 2.24) is 15.2 Å². The first-order valence-corrected chi connectivity index (χ1v) is 6.67. The molecule has 0 bridgehead atoms. The Morgan fingerprint density at radius 2 is 2.14 bits per heavy atom. The SMILES string of the molecule is CP(C)(=O)c1ccc2nnn([O-])c2c1. The minimum atomic E-state index is -2.33. The summed E-state index contributed by atoms with van der Waals surface area (Å²) in [5, 5.41) is 18.8. The van der Waals surface area contributed by atoms with Crippen LogP contribution in [0.25, 0.3) is 11.0 Å². The highest BCUT2D eigenvalue weighted by atomic mass is 31.2. The van der Waals surface area contributed by atoms with Crippen molar-refractivity contribution in [3.8, 4) is 0 Å². The predicted molar refractivity (Wildman–Crippen MR) is 55.4 cm³/mol. The van der Waals surface area contributed by atoms with Gasteiger partial charge in [-0.1, -0.05) is 5.21 Å². The molecule has 74 valence electrons. The molecule has 0 radical (unpaired) electrons. The van der Waals surface area contributed by atoms with E-state index < -0.39 is 7.14 Å². The van der Waals surface area contributed by atoms with Crippen molar-refractivity contribution in [2.24, 2.45) is 0 Å². The second-order valence-corrected chi connectivity index (χ2v) is 6.70. The Hall–Kier alpha value is -1.35. The van der Waals surface area contributed by atoms with Crippen molar-refractivity contribution >= 4 is 23.5 Å². The summed E-state index contributed by atoms with van der Waals surface area (Å²) < 4.78 is 11.7. The molecule has 0 spiro atoms. The van der Waals surface area contributed by atoms with Crippen LogP contribution in [-0.4, -0.2) is 28.5 Å². The number of hydrogen-bond donors (Lipinski definition) is 0. The van der Waals surface area contributed by atoms with Gasteiger partial charge in [-0.15, -0.1) is 5.10 Å². The van der Waals surface area contributed by atoms with Gasteiger partial charge in [-0.2, -0.15) is 0 Å². The number of nitrogens with zero attached hydrogens (tertiary/aromatic N) is 3. The van der Waals surface area contributed by atoms with Crippen LogP contribution in [0.4, 0.5) is 0 Å². The predicted octanol–water partition coefficient (Wildman–Crippen LogP) is 1.03. The van der Waals surface area contributed by atoms with Gasteiger partial charge in [-0.3, -0.25) is 4.85 Å². The normalized spacial score (nSPS) is 12.1. The molecule has 0 amide bonds. The summed E-state index contributed by atoms with van der Waals surface area (Å²) in [4.78, 5) is 0.439. The van der Waals surface area contributed by atoms with Crippen LogP contribution < -0.4 is 5.30 Å². The highest BCUT2D eigenvalue weighted by Crippen LogP contribution is 2.35. The van der Waals surface area contributed by atoms with E-state index in [-0.39, 0.29) is 0 Å². The van der Waals surface area contributed by atoms with Gasteiger partial charge in [0.15, 0.2) is 0 Å².